The average Bonchev–Trinajstić information content (AvgIpc) is 2.87. The SMILES string of the molecule is Cc1ccc(N)c(C)c1OCc1nnc2n1CCCC2. The van der Waals surface area contributed by atoms with Crippen LogP contribution >= 0.6 is 0 Å². The van der Waals surface area contributed by atoms with Crippen LogP contribution in [0.3, 0.4) is 0 Å². The van der Waals surface area contributed by atoms with Crippen molar-refractivity contribution in [3.05, 3.63) is 34.9 Å². The highest BCUT2D eigenvalue weighted by Gasteiger charge is 2.16. The molecule has 1 aliphatic rings. The Bertz CT molecular complexity index is 633. The number of nitrogen functional groups attached to an aromatic ring is 1. The summed E-state index contributed by atoms with van der Waals surface area (Å²) in [5, 5.41) is 8.49. The van der Waals surface area contributed by atoms with Crippen LogP contribution in [0.4, 0.5) is 5.69 Å². The fourth-order valence-corrected chi connectivity index (χ4v) is 2.68. The number of anilines is 1. The molecule has 2 aromatic rings. The molecule has 5 nitrogen and oxygen atoms in total. The number of nitrogens with zero attached hydrogens (tertiary/aromatic N) is 3. The van der Waals surface area contributed by atoms with Crippen LogP contribution in [0.1, 0.15) is 35.6 Å². The molecular formula is C15H20N4O. The van der Waals surface area contributed by atoms with Crippen LogP contribution in [-0.4, -0.2) is 14.8 Å². The molecule has 0 amide bonds. The van der Waals surface area contributed by atoms with Gasteiger partial charge in [-0.2, -0.15) is 0 Å². The summed E-state index contributed by atoms with van der Waals surface area (Å²) in [4.78, 5) is 0. The summed E-state index contributed by atoms with van der Waals surface area (Å²) in [6, 6.07) is 3.90. The minimum atomic E-state index is 0.443. The summed E-state index contributed by atoms with van der Waals surface area (Å²) in [7, 11) is 0. The molecule has 0 bridgehead atoms. The van der Waals surface area contributed by atoms with Gasteiger partial charge in [-0.3, -0.25) is 0 Å². The Morgan fingerprint density at radius 3 is 2.95 bits per heavy atom. The first kappa shape index (κ1) is 13.0. The Balaban J connectivity index is 1.80. The zero-order valence-corrected chi connectivity index (χ0v) is 12.0. The molecule has 0 radical (unpaired) electrons. The summed E-state index contributed by atoms with van der Waals surface area (Å²) in [5.41, 5.74) is 8.78. The number of hydrogen-bond acceptors (Lipinski definition) is 4. The molecule has 1 aliphatic heterocycles. The van der Waals surface area contributed by atoms with Crippen LogP contribution < -0.4 is 10.5 Å². The van der Waals surface area contributed by atoms with Crippen LogP contribution in [0.25, 0.3) is 0 Å². The van der Waals surface area contributed by atoms with Crippen molar-refractivity contribution in [2.75, 3.05) is 5.73 Å². The number of hydrogen-bond donors (Lipinski definition) is 1. The van der Waals surface area contributed by atoms with E-state index in [-0.39, 0.29) is 0 Å². The first-order valence-corrected chi connectivity index (χ1v) is 7.06. The lowest BCUT2D eigenvalue weighted by molar-refractivity contribution is 0.282. The highest BCUT2D eigenvalue weighted by atomic mass is 16.5. The molecule has 1 aromatic carbocycles. The van der Waals surface area contributed by atoms with Gasteiger partial charge < -0.3 is 15.0 Å². The predicted octanol–water partition coefficient (Wildman–Crippen LogP) is 2.39. The van der Waals surface area contributed by atoms with Crippen LogP contribution in [0, 0.1) is 13.8 Å². The molecule has 0 spiro atoms. The Hall–Kier alpha value is -2.04. The van der Waals surface area contributed by atoms with Crippen LogP contribution in [0.15, 0.2) is 12.1 Å². The standard InChI is InChI=1S/C15H20N4O/c1-10-6-7-12(16)11(2)15(10)20-9-14-18-17-13-5-3-4-8-19(13)14/h6-7H,3-5,8-9,16H2,1-2H3. The molecule has 0 saturated heterocycles. The van der Waals surface area contributed by atoms with Gasteiger partial charge >= 0.3 is 0 Å². The summed E-state index contributed by atoms with van der Waals surface area (Å²) in [6.07, 6.45) is 3.41. The van der Waals surface area contributed by atoms with Crippen molar-refractivity contribution in [2.24, 2.45) is 0 Å². The number of nitrogens with two attached hydrogens (primary N) is 1. The van der Waals surface area contributed by atoms with E-state index in [9.17, 15) is 0 Å². The Labute approximate surface area is 118 Å². The Morgan fingerprint density at radius 1 is 1.25 bits per heavy atom. The van der Waals surface area contributed by atoms with E-state index >= 15 is 0 Å². The van der Waals surface area contributed by atoms with E-state index in [1.807, 2.05) is 26.0 Å². The van der Waals surface area contributed by atoms with Gasteiger partial charge in [0.15, 0.2) is 5.82 Å². The van der Waals surface area contributed by atoms with Gasteiger partial charge in [0, 0.05) is 24.2 Å². The molecule has 3 rings (SSSR count). The van der Waals surface area contributed by atoms with Crippen LogP contribution in [-0.2, 0) is 19.6 Å². The lowest BCUT2D eigenvalue weighted by Crippen LogP contribution is -2.14. The largest absolute Gasteiger partial charge is 0.485 e. The van der Waals surface area contributed by atoms with Crippen LogP contribution in [0.2, 0.25) is 0 Å². The molecule has 2 heterocycles. The number of aromatic nitrogens is 3. The Kier molecular flexibility index (Phi) is 3.34. The first-order valence-electron chi connectivity index (χ1n) is 7.06. The molecule has 5 heteroatoms. The van der Waals surface area contributed by atoms with Crippen LogP contribution in [0.5, 0.6) is 5.75 Å². The van der Waals surface area contributed by atoms with Gasteiger partial charge in [0.25, 0.3) is 0 Å². The maximum Gasteiger partial charge on any atom is 0.171 e. The van der Waals surface area contributed by atoms with Gasteiger partial charge in [0.2, 0.25) is 0 Å². The number of aryl methyl sites for hydroxylation is 2. The van der Waals surface area contributed by atoms with Crippen molar-refractivity contribution in [3.63, 3.8) is 0 Å². The summed E-state index contributed by atoms with van der Waals surface area (Å²) < 4.78 is 8.14. The monoisotopic (exact) mass is 272 g/mol. The molecule has 0 saturated carbocycles. The normalized spacial score (nSPS) is 14.1. The third-order valence-corrected chi connectivity index (χ3v) is 3.93. The second-order valence-corrected chi connectivity index (χ2v) is 5.36. The molecular weight excluding hydrogens is 252 g/mol. The fraction of sp³-hybridized carbons (Fsp3) is 0.467. The van der Waals surface area contributed by atoms with Crippen molar-refractivity contribution in [3.8, 4) is 5.75 Å². The van der Waals surface area contributed by atoms with Gasteiger partial charge in [-0.1, -0.05) is 6.07 Å². The van der Waals surface area contributed by atoms with Gasteiger partial charge in [-0.05, 0) is 38.3 Å². The summed E-state index contributed by atoms with van der Waals surface area (Å²) in [6.45, 7) is 5.45. The lowest BCUT2D eigenvalue weighted by Gasteiger charge is -2.16. The van der Waals surface area contributed by atoms with E-state index in [1.54, 1.807) is 0 Å². The second kappa shape index (κ2) is 5.15. The molecule has 0 atom stereocenters. The molecule has 106 valence electrons. The quantitative estimate of drug-likeness (QED) is 0.871. The number of rotatable bonds is 3. The van der Waals surface area contributed by atoms with Gasteiger partial charge in [-0.15, -0.1) is 10.2 Å². The van der Waals surface area contributed by atoms with Crippen molar-refractivity contribution in [2.45, 2.75) is 46.3 Å². The number of benzene rings is 1. The summed E-state index contributed by atoms with van der Waals surface area (Å²) in [5.74, 6) is 2.84. The second-order valence-electron chi connectivity index (χ2n) is 5.36. The van der Waals surface area contributed by atoms with Gasteiger partial charge in [-0.25, -0.2) is 0 Å². The maximum atomic E-state index is 5.96. The van der Waals surface area contributed by atoms with Gasteiger partial charge in [0.05, 0.1) is 0 Å². The highest BCUT2D eigenvalue weighted by molar-refractivity contribution is 5.56. The average molecular weight is 272 g/mol. The maximum absolute atomic E-state index is 5.96. The molecule has 1 aromatic heterocycles. The van der Waals surface area contributed by atoms with E-state index in [0.29, 0.717) is 6.61 Å². The molecule has 0 fully saturated rings. The van der Waals surface area contributed by atoms with E-state index in [4.69, 9.17) is 10.5 Å². The zero-order chi connectivity index (χ0) is 14.1. The third-order valence-electron chi connectivity index (χ3n) is 3.93. The van der Waals surface area contributed by atoms with Crippen molar-refractivity contribution in [1.82, 2.24) is 14.8 Å². The lowest BCUT2D eigenvalue weighted by atomic mass is 10.1. The van der Waals surface area contributed by atoms with E-state index < -0.39 is 0 Å². The van der Waals surface area contributed by atoms with Crippen molar-refractivity contribution < 1.29 is 4.74 Å². The highest BCUT2D eigenvalue weighted by Crippen LogP contribution is 2.28. The smallest absolute Gasteiger partial charge is 0.171 e. The number of ether oxygens (including phenoxy) is 1. The van der Waals surface area contributed by atoms with E-state index in [2.05, 4.69) is 14.8 Å². The fourth-order valence-electron chi connectivity index (χ4n) is 2.68. The third kappa shape index (κ3) is 2.24. The molecule has 20 heavy (non-hydrogen) atoms. The first-order chi connectivity index (χ1) is 9.66. The van der Waals surface area contributed by atoms with Gasteiger partial charge in [0.1, 0.15) is 18.2 Å². The topological polar surface area (TPSA) is 66.0 Å². The van der Waals surface area contributed by atoms with E-state index in [0.717, 1.165) is 47.2 Å². The minimum absolute atomic E-state index is 0.443. The minimum Gasteiger partial charge on any atom is -0.485 e. The predicted molar refractivity (Wildman–Crippen MR) is 77.6 cm³/mol. The molecule has 2 N–H and O–H groups in total. The summed E-state index contributed by atoms with van der Waals surface area (Å²) >= 11 is 0. The van der Waals surface area contributed by atoms with Crippen molar-refractivity contribution in [1.29, 1.82) is 0 Å². The van der Waals surface area contributed by atoms with E-state index in [1.165, 1.54) is 12.8 Å². The molecule has 0 aliphatic carbocycles. The molecule has 0 unspecified atom stereocenters. The van der Waals surface area contributed by atoms with Crippen molar-refractivity contribution >= 4 is 5.69 Å². The Morgan fingerprint density at radius 2 is 2.10 bits per heavy atom. The zero-order valence-electron chi connectivity index (χ0n) is 12.0. The number of fused-ring (bicyclic) bond motifs is 1.